The van der Waals surface area contributed by atoms with Gasteiger partial charge in [-0.05, 0) is 18.2 Å². The van der Waals surface area contributed by atoms with Crippen LogP contribution in [0, 0.1) is 28.6 Å². The van der Waals surface area contributed by atoms with Crippen LogP contribution in [0.4, 0.5) is 11.4 Å². The Labute approximate surface area is 121 Å². The zero-order valence-electron chi connectivity index (χ0n) is 10.9. The highest BCUT2D eigenvalue weighted by molar-refractivity contribution is 6.34. The maximum Gasteiger partial charge on any atom is 0.237 e. The highest BCUT2D eigenvalue weighted by Crippen LogP contribution is 2.26. The maximum absolute atomic E-state index is 11.6. The third-order valence-corrected chi connectivity index (χ3v) is 2.57. The van der Waals surface area contributed by atoms with Crippen molar-refractivity contribution in [2.45, 2.75) is 13.8 Å². The molecule has 7 heteroatoms. The molecule has 1 aromatic carbocycles. The molecular formula is C13H12ClN5O. The van der Waals surface area contributed by atoms with Crippen LogP contribution in [-0.4, -0.2) is 11.6 Å². The summed E-state index contributed by atoms with van der Waals surface area (Å²) in [5.74, 6) is -0.288. The molecule has 0 spiro atoms. The van der Waals surface area contributed by atoms with E-state index in [0.29, 0.717) is 16.4 Å². The predicted molar refractivity (Wildman–Crippen MR) is 77.2 cm³/mol. The topological polar surface area (TPSA) is 101 Å². The van der Waals surface area contributed by atoms with E-state index < -0.39 is 0 Å². The Morgan fingerprint density at radius 1 is 1.35 bits per heavy atom. The first-order chi connectivity index (χ1) is 9.47. The second-order valence-corrected chi connectivity index (χ2v) is 4.54. The number of hydrogen-bond donors (Lipinski definition) is 2. The average molecular weight is 290 g/mol. The SMILES string of the molecule is CC(C)C(=O)Nc1ccc(NN=C(C#N)C#N)cc1Cl. The second kappa shape index (κ2) is 7.13. The molecular weight excluding hydrogens is 278 g/mol. The summed E-state index contributed by atoms with van der Waals surface area (Å²) in [4.78, 5) is 11.6. The summed E-state index contributed by atoms with van der Waals surface area (Å²) in [6, 6.07) is 8.01. The van der Waals surface area contributed by atoms with Crippen molar-refractivity contribution in [2.75, 3.05) is 10.7 Å². The number of hydrazone groups is 1. The average Bonchev–Trinajstić information content (AvgIpc) is 2.42. The van der Waals surface area contributed by atoms with Crippen molar-refractivity contribution < 1.29 is 4.79 Å². The zero-order valence-corrected chi connectivity index (χ0v) is 11.7. The molecule has 0 aliphatic heterocycles. The summed E-state index contributed by atoms with van der Waals surface area (Å²) in [6.07, 6.45) is 0. The van der Waals surface area contributed by atoms with Crippen LogP contribution in [0.25, 0.3) is 0 Å². The van der Waals surface area contributed by atoms with Crippen LogP contribution in [0.2, 0.25) is 5.02 Å². The minimum absolute atomic E-state index is 0.137. The van der Waals surface area contributed by atoms with Crippen molar-refractivity contribution in [3.05, 3.63) is 23.2 Å². The molecule has 0 fully saturated rings. The third-order valence-electron chi connectivity index (χ3n) is 2.26. The molecule has 0 aliphatic rings. The Morgan fingerprint density at radius 2 is 2.00 bits per heavy atom. The van der Waals surface area contributed by atoms with Gasteiger partial charge in [0.2, 0.25) is 11.6 Å². The number of nitrogens with zero attached hydrogens (tertiary/aromatic N) is 3. The van der Waals surface area contributed by atoms with Gasteiger partial charge in [0.25, 0.3) is 0 Å². The Morgan fingerprint density at radius 3 is 2.50 bits per heavy atom. The number of rotatable bonds is 4. The zero-order chi connectivity index (χ0) is 15.1. The number of benzene rings is 1. The molecule has 6 nitrogen and oxygen atoms in total. The molecule has 0 saturated carbocycles. The van der Waals surface area contributed by atoms with Crippen LogP contribution >= 0.6 is 11.6 Å². The van der Waals surface area contributed by atoms with Crippen molar-refractivity contribution >= 4 is 34.6 Å². The monoisotopic (exact) mass is 289 g/mol. The first-order valence-electron chi connectivity index (χ1n) is 5.72. The Kier molecular flexibility index (Phi) is 5.52. The number of halogens is 1. The van der Waals surface area contributed by atoms with E-state index >= 15 is 0 Å². The largest absolute Gasteiger partial charge is 0.325 e. The molecule has 1 rings (SSSR count). The summed E-state index contributed by atoms with van der Waals surface area (Å²) >= 11 is 6.03. The van der Waals surface area contributed by atoms with Gasteiger partial charge in [-0.25, -0.2) is 0 Å². The molecule has 0 bridgehead atoms. The number of carbonyl (C=O) groups excluding carboxylic acids is 1. The fraction of sp³-hybridized carbons (Fsp3) is 0.231. The lowest BCUT2D eigenvalue weighted by atomic mass is 10.2. The molecule has 0 aliphatic carbocycles. The van der Waals surface area contributed by atoms with Gasteiger partial charge in [0.05, 0.1) is 16.4 Å². The van der Waals surface area contributed by atoms with Gasteiger partial charge in [-0.3, -0.25) is 10.2 Å². The standard InChI is InChI=1S/C13H12ClN5O/c1-8(2)13(20)17-12-4-3-9(5-11(12)14)18-19-10(6-15)7-16/h3-5,8,18H,1-2H3,(H,17,20). The number of amides is 1. The van der Waals surface area contributed by atoms with Gasteiger partial charge in [0.15, 0.2) is 0 Å². The van der Waals surface area contributed by atoms with Gasteiger partial charge < -0.3 is 5.32 Å². The normalized spacial score (nSPS) is 9.30. The molecule has 0 aromatic heterocycles. The van der Waals surface area contributed by atoms with Crippen molar-refractivity contribution in [1.82, 2.24) is 0 Å². The van der Waals surface area contributed by atoms with Crippen LogP contribution in [0.3, 0.4) is 0 Å². The first kappa shape index (κ1) is 15.5. The lowest BCUT2D eigenvalue weighted by molar-refractivity contribution is -0.118. The number of hydrogen-bond acceptors (Lipinski definition) is 5. The van der Waals surface area contributed by atoms with E-state index in [0.717, 1.165) is 0 Å². The fourth-order valence-corrected chi connectivity index (χ4v) is 1.39. The van der Waals surface area contributed by atoms with Crippen LogP contribution in [0.5, 0.6) is 0 Å². The molecule has 2 N–H and O–H groups in total. The highest BCUT2D eigenvalue weighted by atomic mass is 35.5. The summed E-state index contributed by atoms with van der Waals surface area (Å²) < 4.78 is 0. The molecule has 1 amide bonds. The molecule has 102 valence electrons. The van der Waals surface area contributed by atoms with Crippen LogP contribution in [-0.2, 0) is 4.79 Å². The second-order valence-electron chi connectivity index (χ2n) is 4.13. The number of nitriles is 2. The third kappa shape index (κ3) is 4.27. The van der Waals surface area contributed by atoms with Crippen molar-refractivity contribution in [3.8, 4) is 12.1 Å². The molecule has 1 aromatic rings. The van der Waals surface area contributed by atoms with E-state index in [4.69, 9.17) is 22.1 Å². The van der Waals surface area contributed by atoms with Gasteiger partial charge in [-0.15, -0.1) is 0 Å². The maximum atomic E-state index is 11.6. The first-order valence-corrected chi connectivity index (χ1v) is 6.10. The van der Waals surface area contributed by atoms with Gasteiger partial charge in [-0.2, -0.15) is 15.6 Å². The van der Waals surface area contributed by atoms with Crippen molar-refractivity contribution in [3.63, 3.8) is 0 Å². The fourth-order valence-electron chi connectivity index (χ4n) is 1.16. The number of anilines is 2. The lowest BCUT2D eigenvalue weighted by Crippen LogP contribution is -2.17. The Bertz CT molecular complexity index is 609. The molecule has 20 heavy (non-hydrogen) atoms. The highest BCUT2D eigenvalue weighted by Gasteiger charge is 2.09. The van der Waals surface area contributed by atoms with Gasteiger partial charge in [-0.1, -0.05) is 25.4 Å². The van der Waals surface area contributed by atoms with Crippen LogP contribution < -0.4 is 10.7 Å². The smallest absolute Gasteiger partial charge is 0.237 e. The van der Waals surface area contributed by atoms with Crippen molar-refractivity contribution in [1.29, 1.82) is 10.5 Å². The van der Waals surface area contributed by atoms with E-state index in [1.165, 1.54) is 6.07 Å². The van der Waals surface area contributed by atoms with Gasteiger partial charge >= 0.3 is 0 Å². The minimum Gasteiger partial charge on any atom is -0.325 e. The van der Waals surface area contributed by atoms with Gasteiger partial charge in [0.1, 0.15) is 12.1 Å². The number of carbonyl (C=O) groups is 1. The van der Waals surface area contributed by atoms with E-state index in [1.54, 1.807) is 38.1 Å². The van der Waals surface area contributed by atoms with E-state index in [-0.39, 0.29) is 17.5 Å². The molecule has 0 radical (unpaired) electrons. The summed E-state index contributed by atoms with van der Waals surface area (Å²) in [7, 11) is 0. The number of nitrogens with one attached hydrogen (secondary N) is 2. The Hall–Kier alpha value is -2.57. The van der Waals surface area contributed by atoms with Crippen LogP contribution in [0.15, 0.2) is 23.3 Å². The molecule has 0 unspecified atom stereocenters. The lowest BCUT2D eigenvalue weighted by Gasteiger charge is -2.10. The summed E-state index contributed by atoms with van der Waals surface area (Å²) in [5, 5.41) is 23.7. The molecule has 0 atom stereocenters. The van der Waals surface area contributed by atoms with Crippen LogP contribution in [0.1, 0.15) is 13.8 Å². The molecule has 0 heterocycles. The van der Waals surface area contributed by atoms with E-state index in [9.17, 15) is 4.79 Å². The van der Waals surface area contributed by atoms with Crippen molar-refractivity contribution in [2.24, 2.45) is 11.0 Å². The van der Waals surface area contributed by atoms with E-state index in [1.807, 2.05) is 0 Å². The summed E-state index contributed by atoms with van der Waals surface area (Å²) in [5.41, 5.74) is 3.23. The Balaban J connectivity index is 2.84. The molecule has 0 saturated heterocycles. The van der Waals surface area contributed by atoms with Gasteiger partial charge in [0, 0.05) is 5.92 Å². The van der Waals surface area contributed by atoms with E-state index in [2.05, 4.69) is 15.8 Å². The predicted octanol–water partition coefficient (Wildman–Crippen LogP) is 2.75. The minimum atomic E-state index is -0.293. The quantitative estimate of drug-likeness (QED) is 0.657. The summed E-state index contributed by atoms with van der Waals surface area (Å²) in [6.45, 7) is 3.55.